The van der Waals surface area contributed by atoms with Crippen LogP contribution in [-0.4, -0.2) is 5.78 Å². The van der Waals surface area contributed by atoms with Crippen molar-refractivity contribution in [3.05, 3.63) is 94.4 Å². The van der Waals surface area contributed by atoms with Gasteiger partial charge in [-0.1, -0.05) is 60.4 Å². The zero-order valence-electron chi connectivity index (χ0n) is 14.7. The van der Waals surface area contributed by atoms with Crippen LogP contribution in [-0.2, 0) is 0 Å². The molecule has 0 aromatic heterocycles. The maximum absolute atomic E-state index is 11.6. The number of Topliss-reactive ketones (excluding diaryl/α,β-unsaturated/α-hetero) is 1. The van der Waals surface area contributed by atoms with Crippen molar-refractivity contribution in [2.75, 3.05) is 0 Å². The minimum atomic E-state index is -0.190. The number of nitrogens with zero attached hydrogens (tertiary/aromatic N) is 1. The van der Waals surface area contributed by atoms with Crippen LogP contribution >= 0.6 is 0 Å². The van der Waals surface area contributed by atoms with Crippen LogP contribution in [0.4, 0.5) is 5.69 Å². The molecule has 0 saturated heterocycles. The molecule has 0 aliphatic heterocycles. The summed E-state index contributed by atoms with van der Waals surface area (Å²) in [5.41, 5.74) is 2.00. The smallest absolute Gasteiger partial charge is 0.162 e. The van der Waals surface area contributed by atoms with E-state index in [1.807, 2.05) is 24.3 Å². The number of hydrogen-bond acceptors (Lipinski definition) is 3. The topological polar surface area (TPSA) is 46.5 Å². The zero-order chi connectivity index (χ0) is 18.8. The van der Waals surface area contributed by atoms with Gasteiger partial charge in [0, 0.05) is 22.1 Å². The minimum Gasteiger partial charge on any atom is -0.294 e. The number of ketones is 1. The van der Waals surface area contributed by atoms with E-state index in [1.54, 1.807) is 18.2 Å². The Morgan fingerprint density at radius 2 is 1.63 bits per heavy atom. The molecule has 0 atom stereocenters. The van der Waals surface area contributed by atoms with Gasteiger partial charge in [0.15, 0.2) is 5.78 Å². The van der Waals surface area contributed by atoms with Crippen LogP contribution in [0.25, 0.3) is 21.5 Å². The highest BCUT2D eigenvalue weighted by molar-refractivity contribution is 6.10. The van der Waals surface area contributed by atoms with Gasteiger partial charge in [0.05, 0.1) is 0 Å². The number of carbonyl (C=O) groups is 1. The lowest BCUT2D eigenvalue weighted by Gasteiger charge is -2.06. The maximum atomic E-state index is 11.6. The van der Waals surface area contributed by atoms with E-state index in [0.717, 1.165) is 27.1 Å². The first kappa shape index (κ1) is 16.7. The Kier molecular flexibility index (Phi) is 4.24. The van der Waals surface area contributed by atoms with E-state index in [4.69, 9.17) is 0 Å². The number of benzene rings is 4. The van der Waals surface area contributed by atoms with Crippen molar-refractivity contribution in [1.29, 1.82) is 0 Å². The molecular weight excluding hydrogens is 334 g/mol. The summed E-state index contributed by atoms with van der Waals surface area (Å²) in [7, 11) is 0. The van der Waals surface area contributed by atoms with Crippen molar-refractivity contribution in [3.8, 4) is 11.8 Å². The first-order valence-corrected chi connectivity index (χ1v) is 8.58. The molecule has 27 heavy (non-hydrogen) atoms. The molecule has 0 saturated carbocycles. The van der Waals surface area contributed by atoms with Crippen LogP contribution in [0.5, 0.6) is 0 Å². The highest BCUT2D eigenvalue weighted by Crippen LogP contribution is 2.28. The third kappa shape index (κ3) is 3.09. The summed E-state index contributed by atoms with van der Waals surface area (Å²) in [6.07, 6.45) is 0. The molecule has 4 aromatic carbocycles. The molecular formula is C24H15NO2. The number of nitroso groups, excluding NO2 is 1. The molecule has 4 aromatic rings. The molecule has 0 bridgehead atoms. The van der Waals surface area contributed by atoms with E-state index < -0.39 is 0 Å². The van der Waals surface area contributed by atoms with Crippen molar-refractivity contribution in [2.45, 2.75) is 6.92 Å². The van der Waals surface area contributed by atoms with Crippen LogP contribution in [0, 0.1) is 16.7 Å². The second-order valence-corrected chi connectivity index (χ2v) is 6.32. The van der Waals surface area contributed by atoms with Gasteiger partial charge in [-0.2, -0.15) is 0 Å². The first-order chi connectivity index (χ1) is 13.2. The third-order valence-corrected chi connectivity index (χ3v) is 4.59. The van der Waals surface area contributed by atoms with Crippen LogP contribution in [0.1, 0.15) is 28.4 Å². The van der Waals surface area contributed by atoms with Gasteiger partial charge in [0.25, 0.3) is 0 Å². The minimum absolute atomic E-state index is 0.123. The maximum Gasteiger partial charge on any atom is 0.162 e. The SMILES string of the molecule is CC(=O)c1ccc(C#Cc2cccc3ccc4ccccc4c23)cc1N=O. The Bertz CT molecular complexity index is 1280. The Morgan fingerprint density at radius 1 is 0.852 bits per heavy atom. The molecule has 0 aliphatic rings. The molecule has 0 N–H and O–H groups in total. The molecule has 0 fully saturated rings. The molecule has 0 radical (unpaired) electrons. The van der Waals surface area contributed by atoms with E-state index >= 15 is 0 Å². The van der Waals surface area contributed by atoms with Crippen LogP contribution in [0.2, 0.25) is 0 Å². The molecule has 128 valence electrons. The monoisotopic (exact) mass is 349 g/mol. The van der Waals surface area contributed by atoms with E-state index in [0.29, 0.717) is 11.1 Å². The number of hydrogen-bond donors (Lipinski definition) is 0. The summed E-state index contributed by atoms with van der Waals surface area (Å²) in [6, 6.07) is 23.4. The largest absolute Gasteiger partial charge is 0.294 e. The average Bonchev–Trinajstić information content (AvgIpc) is 2.71. The summed E-state index contributed by atoms with van der Waals surface area (Å²) in [5, 5.41) is 7.51. The normalized spacial score (nSPS) is 10.4. The Labute approximate surface area is 156 Å². The van der Waals surface area contributed by atoms with E-state index in [1.165, 1.54) is 6.92 Å². The van der Waals surface area contributed by atoms with Gasteiger partial charge in [-0.3, -0.25) is 4.79 Å². The zero-order valence-corrected chi connectivity index (χ0v) is 14.7. The van der Waals surface area contributed by atoms with Gasteiger partial charge in [0.1, 0.15) is 5.69 Å². The van der Waals surface area contributed by atoms with Gasteiger partial charge in [0.2, 0.25) is 0 Å². The Morgan fingerprint density at radius 3 is 2.44 bits per heavy atom. The number of rotatable bonds is 2. The Hall–Kier alpha value is -3.77. The van der Waals surface area contributed by atoms with Gasteiger partial charge < -0.3 is 0 Å². The summed E-state index contributed by atoms with van der Waals surface area (Å²) >= 11 is 0. The summed E-state index contributed by atoms with van der Waals surface area (Å²) < 4.78 is 0. The van der Waals surface area contributed by atoms with Crippen molar-refractivity contribution < 1.29 is 4.79 Å². The van der Waals surface area contributed by atoms with Crippen molar-refractivity contribution in [3.63, 3.8) is 0 Å². The summed E-state index contributed by atoms with van der Waals surface area (Å²) in [4.78, 5) is 22.6. The molecule has 3 nitrogen and oxygen atoms in total. The van der Waals surface area contributed by atoms with Crippen LogP contribution in [0.15, 0.2) is 78.0 Å². The van der Waals surface area contributed by atoms with E-state index in [-0.39, 0.29) is 11.5 Å². The highest BCUT2D eigenvalue weighted by atomic mass is 16.3. The predicted molar refractivity (Wildman–Crippen MR) is 109 cm³/mol. The standard InChI is InChI=1S/C24H15NO2/c1-16(26)21-14-10-17(15-23(21)25-27)9-11-19-6-4-7-20-13-12-18-5-2-3-8-22(18)24(19)20/h2-8,10,12-15H,1H3. The van der Waals surface area contributed by atoms with Gasteiger partial charge in [-0.25, -0.2) is 0 Å². The number of carbonyl (C=O) groups excluding carboxylic acids is 1. The van der Waals surface area contributed by atoms with Gasteiger partial charge >= 0.3 is 0 Å². The molecule has 0 unspecified atom stereocenters. The molecule has 0 amide bonds. The van der Waals surface area contributed by atoms with Gasteiger partial charge in [-0.05, 0) is 52.5 Å². The van der Waals surface area contributed by atoms with Crippen molar-refractivity contribution in [2.24, 2.45) is 5.18 Å². The highest BCUT2D eigenvalue weighted by Gasteiger charge is 2.08. The third-order valence-electron chi connectivity index (χ3n) is 4.59. The lowest BCUT2D eigenvalue weighted by Crippen LogP contribution is -1.92. The Balaban J connectivity index is 1.87. The fraction of sp³-hybridized carbons (Fsp3) is 0.0417. The van der Waals surface area contributed by atoms with Gasteiger partial charge in [-0.15, -0.1) is 4.91 Å². The number of fused-ring (bicyclic) bond motifs is 3. The summed E-state index contributed by atoms with van der Waals surface area (Å²) in [6.45, 7) is 1.41. The second kappa shape index (κ2) is 6.86. The lowest BCUT2D eigenvalue weighted by molar-refractivity contribution is 0.101. The first-order valence-electron chi connectivity index (χ1n) is 8.58. The van der Waals surface area contributed by atoms with E-state index in [9.17, 15) is 9.70 Å². The van der Waals surface area contributed by atoms with Crippen LogP contribution in [0.3, 0.4) is 0 Å². The molecule has 0 spiro atoms. The lowest BCUT2D eigenvalue weighted by atomic mass is 9.97. The van der Waals surface area contributed by atoms with Crippen molar-refractivity contribution >= 4 is 33.0 Å². The van der Waals surface area contributed by atoms with E-state index in [2.05, 4.69) is 47.3 Å². The molecule has 0 heterocycles. The predicted octanol–water partition coefficient (Wildman–Crippen LogP) is 5.99. The fourth-order valence-electron chi connectivity index (χ4n) is 3.29. The molecule has 3 heteroatoms. The fourth-order valence-corrected chi connectivity index (χ4v) is 3.29. The van der Waals surface area contributed by atoms with Crippen LogP contribution < -0.4 is 0 Å². The average molecular weight is 349 g/mol. The second-order valence-electron chi connectivity index (χ2n) is 6.32. The summed E-state index contributed by atoms with van der Waals surface area (Å²) in [5.74, 6) is 6.13. The molecule has 4 rings (SSSR count). The molecule has 0 aliphatic carbocycles. The quantitative estimate of drug-likeness (QED) is 0.193. The van der Waals surface area contributed by atoms with Crippen molar-refractivity contribution in [1.82, 2.24) is 0 Å².